The fourth-order valence-electron chi connectivity index (χ4n) is 4.48. The fraction of sp³-hybridized carbons (Fsp3) is 0.400. The zero-order valence-electron chi connectivity index (χ0n) is 19.1. The maximum Gasteiger partial charge on any atom is 0.252 e. The largest absolute Gasteiger partial charge is 0.494 e. The van der Waals surface area contributed by atoms with E-state index in [-0.39, 0.29) is 17.6 Å². The van der Waals surface area contributed by atoms with Gasteiger partial charge in [-0.05, 0) is 50.6 Å². The normalized spacial score (nSPS) is 19.2. The van der Waals surface area contributed by atoms with Gasteiger partial charge < -0.3 is 14.2 Å². The van der Waals surface area contributed by atoms with Crippen molar-refractivity contribution in [3.05, 3.63) is 64.1 Å². The highest BCUT2D eigenvalue weighted by Gasteiger charge is 2.31. The standard InChI is InChI=1S/C25H29N5O2/c1-5-32-21-8-6-7-19(11-21)16-29-14-18(3)30(15-17(29)2)23-12-24(31)28(4)22-10-9-20(13-26)27-25(22)23/h6-12,17-18H,5,14-16H2,1-4H3/t17-,18+/m1/s1. The Morgan fingerprint density at radius 2 is 1.97 bits per heavy atom. The predicted molar refractivity (Wildman–Crippen MR) is 126 cm³/mol. The van der Waals surface area contributed by atoms with Gasteiger partial charge in [0.2, 0.25) is 0 Å². The molecule has 2 aromatic heterocycles. The lowest BCUT2D eigenvalue weighted by Crippen LogP contribution is -2.56. The van der Waals surface area contributed by atoms with Gasteiger partial charge in [0.25, 0.3) is 5.56 Å². The topological polar surface area (TPSA) is 74.4 Å². The van der Waals surface area contributed by atoms with Crippen molar-refractivity contribution < 1.29 is 4.74 Å². The van der Waals surface area contributed by atoms with Crippen molar-refractivity contribution in [2.24, 2.45) is 7.05 Å². The molecule has 2 atom stereocenters. The Hall–Kier alpha value is -3.37. The van der Waals surface area contributed by atoms with Crippen LogP contribution in [0.2, 0.25) is 0 Å². The Morgan fingerprint density at radius 3 is 2.72 bits per heavy atom. The predicted octanol–water partition coefficient (Wildman–Crippen LogP) is 3.30. The number of benzene rings is 1. The molecule has 1 aliphatic heterocycles. The van der Waals surface area contributed by atoms with Gasteiger partial charge >= 0.3 is 0 Å². The summed E-state index contributed by atoms with van der Waals surface area (Å²) in [6, 6.07) is 16.0. The highest BCUT2D eigenvalue weighted by molar-refractivity contribution is 5.89. The Morgan fingerprint density at radius 1 is 1.16 bits per heavy atom. The number of aromatic nitrogens is 2. The molecule has 0 spiro atoms. The number of fused-ring (bicyclic) bond motifs is 1. The molecule has 4 rings (SSSR count). The summed E-state index contributed by atoms with van der Waals surface area (Å²) in [5.74, 6) is 0.898. The molecule has 1 aromatic carbocycles. The van der Waals surface area contributed by atoms with Crippen LogP contribution in [0.3, 0.4) is 0 Å². The zero-order chi connectivity index (χ0) is 22.8. The minimum absolute atomic E-state index is 0.0750. The molecule has 0 saturated carbocycles. The molecule has 32 heavy (non-hydrogen) atoms. The maximum atomic E-state index is 12.7. The summed E-state index contributed by atoms with van der Waals surface area (Å²) >= 11 is 0. The summed E-state index contributed by atoms with van der Waals surface area (Å²) in [7, 11) is 1.74. The van der Waals surface area contributed by atoms with Crippen molar-refractivity contribution in [1.82, 2.24) is 14.5 Å². The fourth-order valence-corrected chi connectivity index (χ4v) is 4.48. The molecular weight excluding hydrogens is 402 g/mol. The smallest absolute Gasteiger partial charge is 0.252 e. The van der Waals surface area contributed by atoms with Gasteiger partial charge in [0.1, 0.15) is 23.0 Å². The van der Waals surface area contributed by atoms with Gasteiger partial charge in [-0.1, -0.05) is 12.1 Å². The lowest BCUT2D eigenvalue weighted by Gasteiger charge is -2.45. The molecule has 0 amide bonds. The number of pyridine rings is 2. The Balaban J connectivity index is 1.62. The summed E-state index contributed by atoms with van der Waals surface area (Å²) in [6.07, 6.45) is 0. The number of nitriles is 1. The molecule has 166 valence electrons. The first-order valence-electron chi connectivity index (χ1n) is 11.0. The van der Waals surface area contributed by atoms with Gasteiger partial charge in [0.05, 0.1) is 17.8 Å². The van der Waals surface area contributed by atoms with E-state index in [1.54, 1.807) is 23.7 Å². The van der Waals surface area contributed by atoms with Crippen molar-refractivity contribution in [1.29, 1.82) is 5.26 Å². The zero-order valence-corrected chi connectivity index (χ0v) is 19.1. The van der Waals surface area contributed by atoms with Gasteiger partial charge in [0.15, 0.2) is 0 Å². The van der Waals surface area contributed by atoms with E-state index in [0.29, 0.717) is 17.8 Å². The van der Waals surface area contributed by atoms with Crippen molar-refractivity contribution in [2.45, 2.75) is 39.4 Å². The van der Waals surface area contributed by atoms with E-state index in [0.717, 1.165) is 36.6 Å². The van der Waals surface area contributed by atoms with Gasteiger partial charge in [-0.15, -0.1) is 0 Å². The van der Waals surface area contributed by atoms with Crippen molar-refractivity contribution in [2.75, 3.05) is 24.6 Å². The SMILES string of the molecule is CCOc1cccc(CN2C[C@H](C)N(c3cc(=O)n(C)c4ccc(C#N)nc34)C[C@H]2C)c1. The van der Waals surface area contributed by atoms with Crippen LogP contribution in [0.1, 0.15) is 32.0 Å². The van der Waals surface area contributed by atoms with E-state index >= 15 is 0 Å². The van der Waals surface area contributed by atoms with E-state index in [1.807, 2.05) is 25.1 Å². The molecule has 0 unspecified atom stereocenters. The van der Waals surface area contributed by atoms with Gasteiger partial charge in [0, 0.05) is 44.8 Å². The second-order valence-electron chi connectivity index (χ2n) is 8.46. The second-order valence-corrected chi connectivity index (χ2v) is 8.46. The maximum absolute atomic E-state index is 12.7. The van der Waals surface area contributed by atoms with Crippen molar-refractivity contribution in [3.63, 3.8) is 0 Å². The monoisotopic (exact) mass is 431 g/mol. The van der Waals surface area contributed by atoms with Crippen LogP contribution in [-0.2, 0) is 13.6 Å². The molecular formula is C25H29N5O2. The van der Waals surface area contributed by atoms with Crippen LogP contribution >= 0.6 is 0 Å². The molecule has 7 nitrogen and oxygen atoms in total. The summed E-state index contributed by atoms with van der Waals surface area (Å²) in [4.78, 5) is 21.9. The van der Waals surface area contributed by atoms with Crippen molar-refractivity contribution in [3.8, 4) is 11.8 Å². The molecule has 1 saturated heterocycles. The van der Waals surface area contributed by atoms with Crippen LogP contribution in [0.25, 0.3) is 11.0 Å². The molecule has 0 N–H and O–H groups in total. The summed E-state index contributed by atoms with van der Waals surface area (Å²) < 4.78 is 7.24. The molecule has 0 bridgehead atoms. The molecule has 0 aliphatic carbocycles. The van der Waals surface area contributed by atoms with Crippen LogP contribution in [0.5, 0.6) is 5.75 Å². The Labute approximate surface area is 188 Å². The van der Waals surface area contributed by atoms with E-state index in [2.05, 4.69) is 46.8 Å². The van der Waals surface area contributed by atoms with Crippen LogP contribution < -0.4 is 15.2 Å². The molecule has 1 aliphatic rings. The van der Waals surface area contributed by atoms with E-state index in [4.69, 9.17) is 4.74 Å². The third-order valence-electron chi connectivity index (χ3n) is 6.20. The van der Waals surface area contributed by atoms with Crippen LogP contribution in [0, 0.1) is 11.3 Å². The summed E-state index contributed by atoms with van der Waals surface area (Å²) in [6.45, 7) is 9.50. The molecule has 3 aromatic rings. The average Bonchev–Trinajstić information content (AvgIpc) is 2.79. The van der Waals surface area contributed by atoms with Crippen LogP contribution in [0.15, 0.2) is 47.3 Å². The number of piperazine rings is 1. The Bertz CT molecular complexity index is 1230. The van der Waals surface area contributed by atoms with Gasteiger partial charge in [-0.2, -0.15) is 5.26 Å². The number of nitrogens with zero attached hydrogens (tertiary/aromatic N) is 5. The summed E-state index contributed by atoms with van der Waals surface area (Å²) in [5, 5.41) is 9.33. The average molecular weight is 432 g/mol. The minimum atomic E-state index is -0.0750. The number of anilines is 1. The first-order valence-corrected chi connectivity index (χ1v) is 11.0. The minimum Gasteiger partial charge on any atom is -0.494 e. The van der Waals surface area contributed by atoms with Crippen molar-refractivity contribution >= 4 is 16.7 Å². The number of hydrogen-bond acceptors (Lipinski definition) is 6. The number of hydrogen-bond donors (Lipinski definition) is 0. The second kappa shape index (κ2) is 9.01. The third kappa shape index (κ3) is 4.19. The van der Waals surface area contributed by atoms with E-state index in [1.165, 1.54) is 5.56 Å². The first kappa shape index (κ1) is 21.8. The highest BCUT2D eigenvalue weighted by Crippen LogP contribution is 2.29. The van der Waals surface area contributed by atoms with E-state index in [9.17, 15) is 10.1 Å². The first-order chi connectivity index (χ1) is 15.4. The van der Waals surface area contributed by atoms with Crippen LogP contribution in [0.4, 0.5) is 5.69 Å². The van der Waals surface area contributed by atoms with Gasteiger partial charge in [-0.3, -0.25) is 9.69 Å². The Kier molecular flexibility index (Phi) is 6.15. The highest BCUT2D eigenvalue weighted by atomic mass is 16.5. The quantitative estimate of drug-likeness (QED) is 0.617. The summed E-state index contributed by atoms with van der Waals surface area (Å²) in [5.41, 5.74) is 3.74. The lowest BCUT2D eigenvalue weighted by molar-refractivity contribution is 0.158. The number of aryl methyl sites for hydroxylation is 1. The molecule has 3 heterocycles. The number of ether oxygens (including phenoxy) is 1. The van der Waals surface area contributed by atoms with Gasteiger partial charge in [-0.25, -0.2) is 4.98 Å². The molecule has 0 radical (unpaired) electrons. The van der Waals surface area contributed by atoms with Crippen LogP contribution in [-0.4, -0.2) is 46.2 Å². The molecule has 1 fully saturated rings. The van der Waals surface area contributed by atoms with E-state index < -0.39 is 0 Å². The lowest BCUT2D eigenvalue weighted by atomic mass is 10.0. The number of rotatable bonds is 5. The third-order valence-corrected chi connectivity index (χ3v) is 6.20. The molecule has 7 heteroatoms.